The zero-order valence-corrected chi connectivity index (χ0v) is 26.8. The van der Waals surface area contributed by atoms with Crippen molar-refractivity contribution in [2.45, 2.75) is 83.7 Å². The molecule has 2 N–H and O–H groups in total. The third kappa shape index (κ3) is 6.81. The van der Waals surface area contributed by atoms with E-state index in [1.165, 1.54) is 0 Å². The Bertz CT molecular complexity index is 1490. The first kappa shape index (κ1) is 30.4. The molecular weight excluding hydrogens is 539 g/mol. The fourth-order valence-corrected chi connectivity index (χ4v) is 5.40. The summed E-state index contributed by atoms with van der Waals surface area (Å²) in [6, 6.07) is 17.3. The average molecular weight is 580 g/mol. The Labute approximate surface area is 241 Å². The first-order chi connectivity index (χ1) is 18.5. The van der Waals surface area contributed by atoms with Gasteiger partial charge in [0.25, 0.3) is 0 Å². The Hall–Kier alpha value is -2.60. The van der Waals surface area contributed by atoms with Gasteiger partial charge in [0.1, 0.15) is 4.75 Å². The fraction of sp³-hybridized carbons (Fsp3) is 0.433. The molecule has 0 amide bonds. The molecule has 2 atom stereocenters. The van der Waals surface area contributed by atoms with Crippen LogP contribution in [0.5, 0.6) is 0 Å². The second kappa shape index (κ2) is 11.0. The average Bonchev–Trinajstić information content (AvgIpc) is 3.30. The summed E-state index contributed by atoms with van der Waals surface area (Å²) in [5.41, 5.74) is 2.03. The van der Waals surface area contributed by atoms with Crippen LogP contribution in [0, 0.1) is 0 Å². The number of fused-ring (bicyclic) bond motifs is 1. The van der Waals surface area contributed by atoms with Gasteiger partial charge in [-0.1, -0.05) is 45.0 Å². The highest BCUT2D eigenvalue weighted by Gasteiger charge is 2.38. The molecule has 8 nitrogen and oxygen atoms in total. The van der Waals surface area contributed by atoms with Crippen LogP contribution in [0.3, 0.4) is 0 Å². The van der Waals surface area contributed by atoms with Crippen LogP contribution in [-0.2, 0) is 28.1 Å². The first-order valence-electron chi connectivity index (χ1n) is 13.5. The molecule has 4 aromatic rings. The van der Waals surface area contributed by atoms with Gasteiger partial charge in [0.2, 0.25) is 0 Å². The van der Waals surface area contributed by atoms with Crippen LogP contribution in [0.25, 0.3) is 28.0 Å². The third-order valence-electron chi connectivity index (χ3n) is 7.31. The minimum atomic E-state index is -1.89. The van der Waals surface area contributed by atoms with Crippen LogP contribution in [0.2, 0.25) is 18.1 Å². The molecule has 0 spiro atoms. The highest BCUT2D eigenvalue weighted by Crippen LogP contribution is 2.37. The van der Waals surface area contributed by atoms with Gasteiger partial charge in [0, 0.05) is 28.5 Å². The van der Waals surface area contributed by atoms with Gasteiger partial charge in [-0.3, -0.25) is 0 Å². The SMILES string of the molecule is CC(C)(C)[S+]([O-])N[C@@](C)(O)c1cccc(-c2ccc3cn(-c4cccc(CO[Si](C)(C)C(C)(C)C)n4)nc3c2)n1. The molecule has 0 saturated heterocycles. The number of aromatic nitrogens is 4. The van der Waals surface area contributed by atoms with E-state index >= 15 is 0 Å². The number of hydrogen-bond donors (Lipinski definition) is 2. The molecule has 214 valence electrons. The normalized spacial score (nSPS) is 15.3. The van der Waals surface area contributed by atoms with Gasteiger partial charge in [-0.15, -0.1) is 4.72 Å². The number of aliphatic hydroxyl groups is 1. The van der Waals surface area contributed by atoms with E-state index in [0.717, 1.165) is 28.0 Å². The maximum atomic E-state index is 12.6. The predicted octanol–water partition coefficient (Wildman–Crippen LogP) is 6.22. The molecule has 4 rings (SSSR count). The quantitative estimate of drug-likeness (QED) is 0.145. The molecule has 0 aliphatic rings. The largest absolute Gasteiger partial charge is 0.598 e. The molecule has 3 heterocycles. The van der Waals surface area contributed by atoms with Gasteiger partial charge in [0.05, 0.1) is 29.2 Å². The topological polar surface area (TPSA) is 108 Å². The van der Waals surface area contributed by atoms with Crippen LogP contribution < -0.4 is 4.72 Å². The first-order valence-corrected chi connectivity index (χ1v) is 17.5. The summed E-state index contributed by atoms with van der Waals surface area (Å²) in [7, 11) is -1.89. The van der Waals surface area contributed by atoms with Crippen molar-refractivity contribution < 1.29 is 14.1 Å². The van der Waals surface area contributed by atoms with E-state index < -0.39 is 30.2 Å². The second-order valence-electron chi connectivity index (χ2n) is 12.8. The zero-order chi connectivity index (χ0) is 29.5. The van der Waals surface area contributed by atoms with Gasteiger partial charge in [0.15, 0.2) is 19.9 Å². The molecule has 1 aromatic carbocycles. The van der Waals surface area contributed by atoms with Gasteiger partial charge in [-0.2, -0.15) is 5.10 Å². The lowest BCUT2D eigenvalue weighted by Crippen LogP contribution is -2.50. The Morgan fingerprint density at radius 1 is 0.975 bits per heavy atom. The molecule has 10 heteroatoms. The molecule has 0 saturated carbocycles. The fourth-order valence-electron chi connectivity index (χ4n) is 3.69. The van der Waals surface area contributed by atoms with Crippen molar-refractivity contribution in [3.05, 3.63) is 72.2 Å². The number of pyridine rings is 2. The molecule has 0 aliphatic carbocycles. The Morgan fingerprint density at radius 3 is 2.35 bits per heavy atom. The number of rotatable bonds is 8. The van der Waals surface area contributed by atoms with Gasteiger partial charge in [-0.05, 0) is 76.2 Å². The number of hydrogen-bond acceptors (Lipinski definition) is 7. The highest BCUT2D eigenvalue weighted by molar-refractivity contribution is 7.90. The molecule has 0 bridgehead atoms. The zero-order valence-electron chi connectivity index (χ0n) is 24.9. The van der Waals surface area contributed by atoms with E-state index in [0.29, 0.717) is 18.0 Å². The number of benzene rings is 1. The van der Waals surface area contributed by atoms with E-state index in [4.69, 9.17) is 14.5 Å². The number of nitrogens with one attached hydrogen (secondary N) is 1. The summed E-state index contributed by atoms with van der Waals surface area (Å²) < 4.78 is 23.0. The van der Waals surface area contributed by atoms with Crippen molar-refractivity contribution in [3.8, 4) is 17.1 Å². The summed E-state index contributed by atoms with van der Waals surface area (Å²) in [5.74, 6) is 0.725. The van der Waals surface area contributed by atoms with E-state index in [2.05, 4.69) is 43.6 Å². The Kier molecular flexibility index (Phi) is 8.35. The summed E-state index contributed by atoms with van der Waals surface area (Å²) in [6.45, 7) is 18.7. The predicted molar refractivity (Wildman–Crippen MR) is 165 cm³/mol. The lowest BCUT2D eigenvalue weighted by Gasteiger charge is -2.36. The second-order valence-corrected chi connectivity index (χ2v) is 19.6. The van der Waals surface area contributed by atoms with E-state index in [-0.39, 0.29) is 5.04 Å². The Balaban J connectivity index is 1.57. The standard InChI is InChI=1S/C30H41N5O3SSi/c1-28(2,3)39(37)34-30(7,36)26-14-11-13-24(32-26)21-16-17-22-19-35(33-25(22)18-21)27-15-10-12-23(31-27)20-38-40(8,9)29(4,5)6/h10-19,34,36H,20H2,1-9H3/t30-,39?/m0/s1. The van der Waals surface area contributed by atoms with Crippen molar-refractivity contribution in [2.75, 3.05) is 0 Å². The van der Waals surface area contributed by atoms with Crippen LogP contribution in [0.15, 0.2) is 60.8 Å². The molecule has 40 heavy (non-hydrogen) atoms. The van der Waals surface area contributed by atoms with Gasteiger partial charge in [-0.25, -0.2) is 14.6 Å². The van der Waals surface area contributed by atoms with E-state index in [9.17, 15) is 9.66 Å². The maximum absolute atomic E-state index is 12.6. The van der Waals surface area contributed by atoms with E-state index in [1.807, 2.05) is 75.5 Å². The summed E-state index contributed by atoms with van der Waals surface area (Å²) in [5, 5.41) is 16.9. The molecule has 3 aromatic heterocycles. The minimum absolute atomic E-state index is 0.133. The third-order valence-corrected chi connectivity index (χ3v) is 13.5. The van der Waals surface area contributed by atoms with Gasteiger partial charge < -0.3 is 14.1 Å². The molecule has 0 fully saturated rings. The van der Waals surface area contributed by atoms with Crippen molar-refractivity contribution >= 4 is 30.6 Å². The van der Waals surface area contributed by atoms with Crippen molar-refractivity contribution in [1.29, 1.82) is 0 Å². The van der Waals surface area contributed by atoms with E-state index in [1.54, 1.807) is 17.7 Å². The molecule has 0 radical (unpaired) electrons. The Morgan fingerprint density at radius 2 is 1.68 bits per heavy atom. The van der Waals surface area contributed by atoms with Crippen molar-refractivity contribution in [2.24, 2.45) is 0 Å². The lowest BCUT2D eigenvalue weighted by molar-refractivity contribution is 0.0401. The van der Waals surface area contributed by atoms with Crippen molar-refractivity contribution in [3.63, 3.8) is 0 Å². The van der Waals surface area contributed by atoms with Crippen LogP contribution in [-0.4, -0.2) is 42.5 Å². The molecular formula is C30H41N5O3SSi. The van der Waals surface area contributed by atoms with Crippen LogP contribution >= 0.6 is 0 Å². The lowest BCUT2D eigenvalue weighted by atomic mass is 10.1. The van der Waals surface area contributed by atoms with Gasteiger partial charge >= 0.3 is 0 Å². The number of nitrogens with zero attached hydrogens (tertiary/aromatic N) is 4. The maximum Gasteiger partial charge on any atom is 0.197 e. The smallest absolute Gasteiger partial charge is 0.197 e. The summed E-state index contributed by atoms with van der Waals surface area (Å²) >= 11 is -1.47. The van der Waals surface area contributed by atoms with Crippen molar-refractivity contribution in [1.82, 2.24) is 24.5 Å². The summed E-state index contributed by atoms with van der Waals surface area (Å²) in [4.78, 5) is 9.50. The van der Waals surface area contributed by atoms with Crippen LogP contribution in [0.4, 0.5) is 0 Å². The molecule has 0 aliphatic heterocycles. The minimum Gasteiger partial charge on any atom is -0.598 e. The highest BCUT2D eigenvalue weighted by atomic mass is 32.2. The summed E-state index contributed by atoms with van der Waals surface area (Å²) in [6.07, 6.45) is 1.96. The van der Waals surface area contributed by atoms with Crippen LogP contribution in [0.1, 0.15) is 59.9 Å². The molecule has 1 unspecified atom stereocenters. The monoisotopic (exact) mass is 579 g/mol.